The number of nitrogens with zero attached hydrogens (tertiary/aromatic N) is 2. The van der Waals surface area contributed by atoms with E-state index in [2.05, 4.69) is 37.5 Å². The van der Waals surface area contributed by atoms with Crippen molar-refractivity contribution in [2.24, 2.45) is 23.5 Å². The number of benzene rings is 1. The maximum Gasteiger partial charge on any atom is 0.243 e. The molecule has 9 nitrogen and oxygen atoms in total. The number of hydrogen-bond donors (Lipinski definition) is 4. The zero-order valence-electron chi connectivity index (χ0n) is 28.7. The predicted molar refractivity (Wildman–Crippen MR) is 179 cm³/mol. The molecule has 0 spiro atoms. The summed E-state index contributed by atoms with van der Waals surface area (Å²) in [6, 6.07) is 8.47. The number of hydroxylamine groups is 2. The van der Waals surface area contributed by atoms with Gasteiger partial charge in [0, 0.05) is 23.7 Å². The Morgan fingerprint density at radius 1 is 1.04 bits per heavy atom. The summed E-state index contributed by atoms with van der Waals surface area (Å²) in [5, 5.41) is 18.2. The highest BCUT2D eigenvalue weighted by molar-refractivity contribution is 5.93. The van der Waals surface area contributed by atoms with E-state index in [9.17, 15) is 19.6 Å². The molecule has 3 amide bonds. The third-order valence-electron chi connectivity index (χ3n) is 9.28. The Morgan fingerprint density at radius 3 is 2.29 bits per heavy atom. The van der Waals surface area contributed by atoms with E-state index >= 15 is 0 Å². The zero-order valence-corrected chi connectivity index (χ0v) is 28.7. The Morgan fingerprint density at radius 2 is 1.69 bits per heavy atom. The first kappa shape index (κ1) is 36.7. The summed E-state index contributed by atoms with van der Waals surface area (Å²) in [7, 11) is 0. The number of amides is 3. The molecule has 252 valence electrons. The largest absolute Gasteiger partial charge is 0.351 e. The molecule has 4 atom stereocenters. The molecule has 0 unspecified atom stereocenters. The third kappa shape index (κ3) is 10.4. The fourth-order valence-electron chi connectivity index (χ4n) is 7.30. The molecule has 5 N–H and O–H groups in total. The van der Waals surface area contributed by atoms with Gasteiger partial charge in [0.25, 0.3) is 0 Å². The van der Waals surface area contributed by atoms with E-state index in [1.54, 1.807) is 4.90 Å². The van der Waals surface area contributed by atoms with Crippen LogP contribution in [0.15, 0.2) is 42.5 Å². The Bertz CT molecular complexity index is 1130. The lowest BCUT2D eigenvalue weighted by molar-refractivity contribution is -0.246. The van der Waals surface area contributed by atoms with E-state index in [1.165, 1.54) is 5.06 Å². The Balaban J connectivity index is 1.74. The first-order valence-electron chi connectivity index (χ1n) is 17.0. The van der Waals surface area contributed by atoms with Gasteiger partial charge in [-0.2, -0.15) is 5.06 Å². The van der Waals surface area contributed by atoms with Gasteiger partial charge in [-0.3, -0.25) is 14.4 Å². The van der Waals surface area contributed by atoms with Crippen LogP contribution in [0.25, 0.3) is 0 Å². The van der Waals surface area contributed by atoms with Crippen molar-refractivity contribution in [3.63, 3.8) is 0 Å². The summed E-state index contributed by atoms with van der Waals surface area (Å²) < 4.78 is 0. The minimum absolute atomic E-state index is 0.0484. The van der Waals surface area contributed by atoms with Gasteiger partial charge in [0.15, 0.2) is 0 Å². The fourth-order valence-corrected chi connectivity index (χ4v) is 7.30. The molecule has 0 saturated carbocycles. The molecule has 3 rings (SSSR count). The topological polar surface area (TPSA) is 128 Å². The van der Waals surface area contributed by atoms with Gasteiger partial charge in [-0.1, -0.05) is 63.3 Å². The minimum Gasteiger partial charge on any atom is -0.351 e. The summed E-state index contributed by atoms with van der Waals surface area (Å²) in [6.45, 7) is 15.3. The molecule has 2 aliphatic rings. The predicted octanol–water partition coefficient (Wildman–Crippen LogP) is 4.83. The molecule has 2 saturated heterocycles. The van der Waals surface area contributed by atoms with Crippen molar-refractivity contribution in [2.45, 2.75) is 129 Å². The number of nitrogens with one attached hydrogen (secondary N) is 2. The van der Waals surface area contributed by atoms with Crippen molar-refractivity contribution in [3.8, 4) is 0 Å². The average Bonchev–Trinajstić information content (AvgIpc) is 3.46. The molecular weight excluding hydrogens is 566 g/mol. The van der Waals surface area contributed by atoms with E-state index in [-0.39, 0.29) is 29.7 Å². The van der Waals surface area contributed by atoms with E-state index < -0.39 is 23.2 Å². The first-order chi connectivity index (χ1) is 21.1. The summed E-state index contributed by atoms with van der Waals surface area (Å²) in [5.74, 6) is -0.0662. The van der Waals surface area contributed by atoms with Crippen LogP contribution in [0, 0.1) is 17.8 Å². The van der Waals surface area contributed by atoms with Crippen LogP contribution in [-0.2, 0) is 20.8 Å². The molecular formula is C36H59N5O4. The van der Waals surface area contributed by atoms with E-state index in [0.717, 1.165) is 18.4 Å². The van der Waals surface area contributed by atoms with Gasteiger partial charge in [0.2, 0.25) is 17.7 Å². The summed E-state index contributed by atoms with van der Waals surface area (Å²) in [4.78, 5) is 43.2. The van der Waals surface area contributed by atoms with E-state index in [1.807, 2.05) is 64.1 Å². The zero-order chi connectivity index (χ0) is 33.4. The highest BCUT2D eigenvalue weighted by atomic mass is 16.5. The van der Waals surface area contributed by atoms with Crippen LogP contribution in [0.1, 0.15) is 99.0 Å². The van der Waals surface area contributed by atoms with E-state index in [0.29, 0.717) is 63.5 Å². The monoisotopic (exact) mass is 625 g/mol. The van der Waals surface area contributed by atoms with Crippen molar-refractivity contribution in [1.82, 2.24) is 20.6 Å². The van der Waals surface area contributed by atoms with Crippen LogP contribution in [-0.4, -0.2) is 75.2 Å². The Hall–Kier alpha value is -2.75. The third-order valence-corrected chi connectivity index (χ3v) is 9.28. The standard InChI is InChI=1S/C36H59N5O4/c1-25(2)21-26(3)17-18-28(22-27-13-9-8-10-14-27)34(44)40-20-12-16-31(40)33(43)39-30(15-11-19-37)32(42)38-29-23-35(4,5)41(45)36(6,7)24-29/h8-10,13-14,17-18,25-26,28-31,45H,11-12,15-16,19-24,37H2,1-7H3,(H,38,42)(H,39,43)/b18-17+/t26-,28-,30+,31+/m1/s1. The summed E-state index contributed by atoms with van der Waals surface area (Å²) >= 11 is 0. The second-order valence-electron chi connectivity index (χ2n) is 15.0. The molecule has 0 aliphatic carbocycles. The molecule has 0 bridgehead atoms. The summed E-state index contributed by atoms with van der Waals surface area (Å²) in [5.41, 5.74) is 5.84. The van der Waals surface area contributed by atoms with Crippen molar-refractivity contribution in [1.29, 1.82) is 0 Å². The minimum atomic E-state index is -0.756. The number of carbonyl (C=O) groups excluding carboxylic acids is 3. The molecule has 0 aromatic heterocycles. The number of likely N-dealkylation sites (tertiary alicyclic amines) is 1. The number of allylic oxidation sites excluding steroid dienone is 1. The van der Waals surface area contributed by atoms with Gasteiger partial charge in [-0.15, -0.1) is 0 Å². The van der Waals surface area contributed by atoms with Gasteiger partial charge in [0.05, 0.1) is 5.92 Å². The van der Waals surface area contributed by atoms with Crippen LogP contribution < -0.4 is 16.4 Å². The van der Waals surface area contributed by atoms with Gasteiger partial charge >= 0.3 is 0 Å². The fraction of sp³-hybridized carbons (Fsp3) is 0.694. The van der Waals surface area contributed by atoms with Gasteiger partial charge in [-0.25, -0.2) is 0 Å². The Kier molecular flexibility index (Phi) is 13.2. The molecule has 45 heavy (non-hydrogen) atoms. The van der Waals surface area contributed by atoms with Gasteiger partial charge in [0.1, 0.15) is 12.1 Å². The lowest BCUT2D eigenvalue weighted by Crippen LogP contribution is -2.64. The molecule has 1 aromatic rings. The van der Waals surface area contributed by atoms with Crippen molar-refractivity contribution in [3.05, 3.63) is 48.0 Å². The Labute approximate surface area is 271 Å². The maximum atomic E-state index is 14.1. The van der Waals surface area contributed by atoms with Crippen molar-refractivity contribution >= 4 is 17.7 Å². The number of nitrogens with two attached hydrogens (primary N) is 1. The van der Waals surface area contributed by atoms with Gasteiger partial charge in [-0.05, 0) is 103 Å². The van der Waals surface area contributed by atoms with Crippen LogP contribution in [0.3, 0.4) is 0 Å². The molecule has 2 fully saturated rings. The van der Waals surface area contributed by atoms with Crippen LogP contribution in [0.2, 0.25) is 0 Å². The van der Waals surface area contributed by atoms with Gasteiger partial charge < -0.3 is 26.5 Å². The number of piperidine rings is 1. The lowest BCUT2D eigenvalue weighted by atomic mass is 9.79. The SMILES string of the molecule is CC(C)C[C@H](C)/C=C/[C@H](Cc1ccccc1)C(=O)N1CCC[C@H]1C(=O)N[C@@H](CCCN)C(=O)NC1CC(C)(C)N(O)C(C)(C)C1. The summed E-state index contributed by atoms with van der Waals surface area (Å²) in [6.07, 6.45) is 9.23. The quantitative estimate of drug-likeness (QED) is 0.220. The second kappa shape index (κ2) is 16.2. The normalized spacial score (nSPS) is 22.4. The molecule has 1 aromatic carbocycles. The van der Waals surface area contributed by atoms with Crippen molar-refractivity contribution < 1.29 is 19.6 Å². The average molecular weight is 626 g/mol. The molecule has 2 aliphatic heterocycles. The van der Waals surface area contributed by atoms with Crippen LogP contribution in [0.4, 0.5) is 0 Å². The highest BCUT2D eigenvalue weighted by Gasteiger charge is 2.46. The number of hydrogen-bond acceptors (Lipinski definition) is 6. The molecule has 0 radical (unpaired) electrons. The van der Waals surface area contributed by atoms with Crippen LogP contribution >= 0.6 is 0 Å². The first-order valence-corrected chi connectivity index (χ1v) is 17.0. The lowest BCUT2D eigenvalue weighted by Gasteiger charge is -2.51. The molecule has 9 heteroatoms. The maximum absolute atomic E-state index is 14.1. The number of carbonyl (C=O) groups is 3. The molecule has 2 heterocycles. The van der Waals surface area contributed by atoms with Crippen molar-refractivity contribution in [2.75, 3.05) is 13.1 Å². The number of rotatable bonds is 14. The highest BCUT2D eigenvalue weighted by Crippen LogP contribution is 2.36. The smallest absolute Gasteiger partial charge is 0.243 e. The van der Waals surface area contributed by atoms with Crippen LogP contribution in [0.5, 0.6) is 0 Å². The second-order valence-corrected chi connectivity index (χ2v) is 15.0. The van der Waals surface area contributed by atoms with E-state index in [4.69, 9.17) is 5.73 Å².